The third-order valence-corrected chi connectivity index (χ3v) is 5.23. The molecule has 0 saturated carbocycles. The summed E-state index contributed by atoms with van der Waals surface area (Å²) >= 11 is 2.00. The van der Waals surface area contributed by atoms with Crippen LogP contribution in [0.4, 0.5) is 8.78 Å². The minimum atomic E-state index is -0.762. The topological polar surface area (TPSA) is 70.8 Å². The minimum Gasteiger partial charge on any atom is -0.493 e. The number of nitrogens with two attached hydrogens (primary N) is 1. The van der Waals surface area contributed by atoms with Gasteiger partial charge in [-0.25, -0.2) is 8.78 Å². The van der Waals surface area contributed by atoms with Gasteiger partial charge in [-0.05, 0) is 65.8 Å². The molecule has 1 heterocycles. The molecule has 0 spiro atoms. The fourth-order valence-electron chi connectivity index (χ4n) is 3.24. The molecule has 1 amide bonds. The van der Waals surface area contributed by atoms with Gasteiger partial charge in [-0.3, -0.25) is 4.79 Å². The third-order valence-electron chi connectivity index (χ3n) is 4.56. The molecule has 0 bridgehead atoms. The molecule has 0 aliphatic carbocycles. The normalized spacial score (nSPS) is 18.0. The molecule has 8 heteroatoms. The van der Waals surface area contributed by atoms with E-state index >= 15 is 0 Å². The minimum absolute atomic E-state index is 0.0168. The Kier molecular flexibility index (Phi) is 6.75. The van der Waals surface area contributed by atoms with Crippen LogP contribution in [0.15, 0.2) is 30.3 Å². The number of rotatable bonds is 7. The van der Waals surface area contributed by atoms with E-state index in [4.69, 9.17) is 19.9 Å². The Morgan fingerprint density at radius 2 is 2.03 bits per heavy atom. The highest BCUT2D eigenvalue weighted by Gasteiger charge is 2.32. The number of benzene rings is 2. The molecule has 5 nitrogen and oxygen atoms in total. The van der Waals surface area contributed by atoms with Crippen LogP contribution in [0.3, 0.4) is 0 Å². The van der Waals surface area contributed by atoms with Crippen LogP contribution in [-0.4, -0.2) is 31.0 Å². The number of hydrogen-bond acceptors (Lipinski definition) is 4. The molecule has 2 aromatic carbocycles. The first-order valence-electron chi connectivity index (χ1n) is 9.15. The van der Waals surface area contributed by atoms with Gasteiger partial charge in [-0.1, -0.05) is 6.07 Å². The molecule has 1 aliphatic rings. The van der Waals surface area contributed by atoms with E-state index < -0.39 is 23.3 Å². The van der Waals surface area contributed by atoms with Crippen molar-refractivity contribution < 1.29 is 27.8 Å². The van der Waals surface area contributed by atoms with E-state index in [9.17, 15) is 13.6 Å². The average molecular weight is 517 g/mol. The fraction of sp³-hybridized carbons (Fsp3) is 0.381. The first-order valence-corrected chi connectivity index (χ1v) is 10.2. The highest BCUT2D eigenvalue weighted by Crippen LogP contribution is 2.29. The van der Waals surface area contributed by atoms with Crippen molar-refractivity contribution in [3.8, 4) is 5.75 Å². The molecular formula is C21H22F2INO4. The summed E-state index contributed by atoms with van der Waals surface area (Å²) in [6, 6.07) is 7.02. The first-order chi connectivity index (χ1) is 13.6. The van der Waals surface area contributed by atoms with Crippen molar-refractivity contribution >= 4 is 28.5 Å². The van der Waals surface area contributed by atoms with Crippen molar-refractivity contribution in [2.75, 3.05) is 13.2 Å². The molecule has 1 atom stereocenters. The molecule has 0 aromatic heterocycles. The number of hydrogen-bond donors (Lipinski definition) is 1. The van der Waals surface area contributed by atoms with Gasteiger partial charge in [0.15, 0.2) is 5.79 Å². The third kappa shape index (κ3) is 5.64. The monoisotopic (exact) mass is 517 g/mol. The molecule has 2 aromatic rings. The molecule has 1 aliphatic heterocycles. The van der Waals surface area contributed by atoms with E-state index in [-0.39, 0.29) is 36.0 Å². The van der Waals surface area contributed by atoms with E-state index in [0.29, 0.717) is 18.6 Å². The average Bonchev–Trinajstić information content (AvgIpc) is 2.95. The SMILES string of the molecule is CC1(C)OC[C@@H](CCOc2cc(F)cc(Cc3ccc(I)cc3F)c2C(N)=O)O1. The Morgan fingerprint density at radius 1 is 1.28 bits per heavy atom. The summed E-state index contributed by atoms with van der Waals surface area (Å²) in [5.74, 6) is -2.39. The predicted molar refractivity (Wildman–Crippen MR) is 112 cm³/mol. The predicted octanol–water partition coefficient (Wildman–Crippen LogP) is 4.18. The second-order valence-electron chi connectivity index (χ2n) is 7.30. The van der Waals surface area contributed by atoms with Crippen LogP contribution in [0.2, 0.25) is 0 Å². The molecule has 0 radical (unpaired) electrons. The molecule has 3 rings (SSSR count). The summed E-state index contributed by atoms with van der Waals surface area (Å²) < 4.78 is 46.0. The van der Waals surface area contributed by atoms with Gasteiger partial charge in [0.25, 0.3) is 5.91 Å². The van der Waals surface area contributed by atoms with Crippen molar-refractivity contribution in [3.63, 3.8) is 0 Å². The van der Waals surface area contributed by atoms with E-state index in [1.54, 1.807) is 12.1 Å². The van der Waals surface area contributed by atoms with Gasteiger partial charge in [0.2, 0.25) is 0 Å². The number of carbonyl (C=O) groups is 1. The molecule has 1 saturated heterocycles. The molecule has 29 heavy (non-hydrogen) atoms. The maximum Gasteiger partial charge on any atom is 0.252 e. The molecule has 0 unspecified atom stereocenters. The summed E-state index contributed by atoms with van der Waals surface area (Å²) in [6.45, 7) is 4.26. The largest absolute Gasteiger partial charge is 0.493 e. The zero-order chi connectivity index (χ0) is 21.2. The summed E-state index contributed by atoms with van der Waals surface area (Å²) in [6.07, 6.45) is 0.359. The maximum atomic E-state index is 14.2. The standard InChI is InChI=1S/C21H22F2INO4/c1-21(2)28-11-16(29-21)5-6-27-18-9-14(22)8-13(19(18)20(25)26)7-12-3-4-15(24)10-17(12)23/h3-4,8-10,16H,5-7,11H2,1-2H3,(H2,25,26)/t16-/m1/s1. The van der Waals surface area contributed by atoms with Crippen molar-refractivity contribution in [2.45, 2.75) is 38.6 Å². The number of amides is 1. The lowest BCUT2D eigenvalue weighted by Crippen LogP contribution is -2.22. The lowest BCUT2D eigenvalue weighted by atomic mass is 9.98. The van der Waals surface area contributed by atoms with Crippen LogP contribution in [0.25, 0.3) is 0 Å². The molecule has 2 N–H and O–H groups in total. The smallest absolute Gasteiger partial charge is 0.252 e. The van der Waals surface area contributed by atoms with Crippen LogP contribution in [-0.2, 0) is 15.9 Å². The van der Waals surface area contributed by atoms with Gasteiger partial charge in [-0.15, -0.1) is 0 Å². The number of carbonyl (C=O) groups excluding carboxylic acids is 1. The first kappa shape index (κ1) is 21.9. The van der Waals surface area contributed by atoms with Crippen molar-refractivity contribution in [2.24, 2.45) is 5.73 Å². The van der Waals surface area contributed by atoms with Gasteiger partial charge < -0.3 is 19.9 Å². The van der Waals surface area contributed by atoms with Crippen molar-refractivity contribution in [1.82, 2.24) is 0 Å². The second-order valence-corrected chi connectivity index (χ2v) is 8.55. The Balaban J connectivity index is 1.79. The lowest BCUT2D eigenvalue weighted by Gasteiger charge is -2.18. The highest BCUT2D eigenvalue weighted by atomic mass is 127. The number of halogens is 3. The van der Waals surface area contributed by atoms with Gasteiger partial charge in [-0.2, -0.15) is 0 Å². The van der Waals surface area contributed by atoms with E-state index in [0.717, 1.165) is 9.64 Å². The summed E-state index contributed by atoms with van der Waals surface area (Å²) in [5.41, 5.74) is 6.19. The van der Waals surface area contributed by atoms with Crippen LogP contribution in [0.5, 0.6) is 5.75 Å². The number of primary amides is 1. The molecular weight excluding hydrogens is 495 g/mol. The van der Waals surface area contributed by atoms with Crippen LogP contribution < -0.4 is 10.5 Å². The lowest BCUT2D eigenvalue weighted by molar-refractivity contribution is -0.139. The molecule has 156 valence electrons. The van der Waals surface area contributed by atoms with E-state index in [1.807, 2.05) is 36.4 Å². The van der Waals surface area contributed by atoms with Gasteiger partial charge >= 0.3 is 0 Å². The summed E-state index contributed by atoms with van der Waals surface area (Å²) in [4.78, 5) is 12.1. The van der Waals surface area contributed by atoms with Gasteiger partial charge in [0, 0.05) is 22.5 Å². The van der Waals surface area contributed by atoms with Gasteiger partial charge in [0.05, 0.1) is 24.9 Å². The zero-order valence-electron chi connectivity index (χ0n) is 16.1. The van der Waals surface area contributed by atoms with Crippen molar-refractivity contribution in [3.05, 3.63) is 62.2 Å². The summed E-state index contributed by atoms with van der Waals surface area (Å²) in [7, 11) is 0. The fourth-order valence-corrected chi connectivity index (χ4v) is 3.70. The number of ether oxygens (including phenoxy) is 3. The second kappa shape index (κ2) is 8.93. The zero-order valence-corrected chi connectivity index (χ0v) is 18.3. The van der Waals surface area contributed by atoms with Crippen molar-refractivity contribution in [1.29, 1.82) is 0 Å². The van der Waals surface area contributed by atoms with Gasteiger partial charge in [0.1, 0.15) is 17.4 Å². The van der Waals surface area contributed by atoms with Crippen LogP contribution in [0.1, 0.15) is 41.8 Å². The Hall–Kier alpha value is -1.78. The Labute approximate surface area is 181 Å². The quantitative estimate of drug-likeness (QED) is 0.560. The van der Waals surface area contributed by atoms with Crippen LogP contribution >= 0.6 is 22.6 Å². The Bertz CT molecular complexity index is 920. The molecule has 1 fully saturated rings. The Morgan fingerprint density at radius 3 is 2.66 bits per heavy atom. The summed E-state index contributed by atoms with van der Waals surface area (Å²) in [5, 5.41) is 0. The van der Waals surface area contributed by atoms with E-state index in [1.165, 1.54) is 12.1 Å². The van der Waals surface area contributed by atoms with Crippen LogP contribution in [0, 0.1) is 15.2 Å². The maximum absolute atomic E-state index is 14.2. The van der Waals surface area contributed by atoms with E-state index in [2.05, 4.69) is 0 Å². The highest BCUT2D eigenvalue weighted by molar-refractivity contribution is 14.1.